The molecule has 1 atom stereocenters. The molecular weight excluding hydrogens is 288 g/mol. The average molecular weight is 318 g/mol. The molecule has 0 spiro atoms. The van der Waals surface area contributed by atoms with Gasteiger partial charge in [0.1, 0.15) is 0 Å². The van der Waals surface area contributed by atoms with Crippen LogP contribution in [0.3, 0.4) is 0 Å². The van der Waals surface area contributed by atoms with E-state index in [0.29, 0.717) is 13.0 Å². The Morgan fingerprint density at radius 1 is 1.13 bits per heavy atom. The molecule has 0 aliphatic rings. The van der Waals surface area contributed by atoms with Gasteiger partial charge >= 0.3 is 0 Å². The number of carbonyl (C=O) groups is 2. The Bertz CT molecular complexity index is 497. The predicted octanol–water partition coefficient (Wildman–Crippen LogP) is 3.17. The zero-order valence-electron chi connectivity index (χ0n) is 14.8. The van der Waals surface area contributed by atoms with Gasteiger partial charge in [0.2, 0.25) is 11.8 Å². The summed E-state index contributed by atoms with van der Waals surface area (Å²) in [5.74, 6) is 0.0126. The largest absolute Gasteiger partial charge is 0.353 e. The summed E-state index contributed by atoms with van der Waals surface area (Å²) in [6, 6.07) is 9.75. The molecule has 0 heterocycles. The lowest BCUT2D eigenvalue weighted by molar-refractivity contribution is -0.126. The maximum atomic E-state index is 12.6. The van der Waals surface area contributed by atoms with Crippen molar-refractivity contribution in [1.82, 2.24) is 10.6 Å². The summed E-state index contributed by atoms with van der Waals surface area (Å²) >= 11 is 0. The lowest BCUT2D eigenvalue weighted by atomic mass is 9.83. The molecule has 1 rings (SSSR count). The molecule has 23 heavy (non-hydrogen) atoms. The summed E-state index contributed by atoms with van der Waals surface area (Å²) in [5.41, 5.74) is 0.394. The minimum absolute atomic E-state index is 0.00192. The van der Waals surface area contributed by atoms with Gasteiger partial charge in [0.25, 0.3) is 0 Å². The molecule has 1 aromatic rings. The number of benzene rings is 1. The number of hydrogen-bond donors (Lipinski definition) is 2. The molecule has 0 aromatic heterocycles. The molecule has 0 bridgehead atoms. The third-order valence-electron chi connectivity index (χ3n) is 4.16. The number of carbonyl (C=O) groups excluding carboxylic acids is 2. The first-order valence-corrected chi connectivity index (χ1v) is 8.55. The molecule has 0 aliphatic heterocycles. The Morgan fingerprint density at radius 3 is 2.35 bits per heavy atom. The minimum atomic E-state index is -0.592. The zero-order valence-corrected chi connectivity index (χ0v) is 14.8. The summed E-state index contributed by atoms with van der Waals surface area (Å²) < 4.78 is 0. The van der Waals surface area contributed by atoms with Gasteiger partial charge < -0.3 is 10.6 Å². The van der Waals surface area contributed by atoms with Crippen molar-refractivity contribution in [3.8, 4) is 0 Å². The van der Waals surface area contributed by atoms with Gasteiger partial charge in [-0.25, -0.2) is 0 Å². The van der Waals surface area contributed by atoms with Crippen molar-refractivity contribution in [2.75, 3.05) is 6.54 Å². The van der Waals surface area contributed by atoms with Crippen molar-refractivity contribution in [1.29, 1.82) is 0 Å². The molecule has 2 N–H and O–H groups in total. The standard InChI is InChI=1S/C19H30N2O2/c1-5-7-13-16(21-17(22)6-2)14-20-18(23)19(3,4)15-11-9-8-10-12-15/h8-12,16H,5-7,13-14H2,1-4H3,(H,20,23)(H,21,22). The van der Waals surface area contributed by atoms with E-state index in [0.717, 1.165) is 24.8 Å². The van der Waals surface area contributed by atoms with Crippen molar-refractivity contribution < 1.29 is 9.59 Å². The number of nitrogens with one attached hydrogen (secondary N) is 2. The smallest absolute Gasteiger partial charge is 0.230 e. The van der Waals surface area contributed by atoms with Crippen LogP contribution in [-0.4, -0.2) is 24.4 Å². The van der Waals surface area contributed by atoms with E-state index >= 15 is 0 Å². The second kappa shape index (κ2) is 9.33. The lowest BCUT2D eigenvalue weighted by Gasteiger charge is -2.26. The third-order valence-corrected chi connectivity index (χ3v) is 4.16. The number of rotatable bonds is 9. The maximum absolute atomic E-state index is 12.6. The van der Waals surface area contributed by atoms with Crippen LogP contribution in [-0.2, 0) is 15.0 Å². The van der Waals surface area contributed by atoms with E-state index < -0.39 is 5.41 Å². The first kappa shape index (κ1) is 19.2. The number of amides is 2. The normalized spacial score (nSPS) is 12.5. The van der Waals surface area contributed by atoms with Gasteiger partial charge in [-0.05, 0) is 25.8 Å². The molecule has 4 heteroatoms. The van der Waals surface area contributed by atoms with Gasteiger partial charge in [-0.2, -0.15) is 0 Å². The fraction of sp³-hybridized carbons (Fsp3) is 0.579. The van der Waals surface area contributed by atoms with Crippen LogP contribution in [0, 0.1) is 0 Å². The molecule has 0 radical (unpaired) electrons. The Morgan fingerprint density at radius 2 is 1.78 bits per heavy atom. The highest BCUT2D eigenvalue weighted by Gasteiger charge is 2.29. The summed E-state index contributed by atoms with van der Waals surface area (Å²) in [6.07, 6.45) is 3.45. The van der Waals surface area contributed by atoms with Gasteiger partial charge in [-0.15, -0.1) is 0 Å². The van der Waals surface area contributed by atoms with Crippen LogP contribution in [0.4, 0.5) is 0 Å². The Balaban J connectivity index is 2.64. The number of unbranched alkanes of at least 4 members (excludes halogenated alkanes) is 1. The van der Waals surface area contributed by atoms with Gasteiger partial charge in [-0.1, -0.05) is 57.0 Å². The van der Waals surface area contributed by atoms with E-state index in [2.05, 4.69) is 17.6 Å². The first-order valence-electron chi connectivity index (χ1n) is 8.55. The summed E-state index contributed by atoms with van der Waals surface area (Å²) in [4.78, 5) is 24.2. The molecule has 0 fully saturated rings. The quantitative estimate of drug-likeness (QED) is 0.735. The Hall–Kier alpha value is -1.84. The van der Waals surface area contributed by atoms with Gasteiger partial charge in [-0.3, -0.25) is 9.59 Å². The fourth-order valence-corrected chi connectivity index (χ4v) is 2.43. The van der Waals surface area contributed by atoms with E-state index in [1.54, 1.807) is 0 Å². The van der Waals surface area contributed by atoms with Crippen LogP contribution in [0.1, 0.15) is 58.9 Å². The van der Waals surface area contributed by atoms with Crippen LogP contribution >= 0.6 is 0 Å². The molecule has 0 saturated carbocycles. The minimum Gasteiger partial charge on any atom is -0.353 e. The lowest BCUT2D eigenvalue weighted by Crippen LogP contribution is -2.47. The van der Waals surface area contributed by atoms with Crippen molar-refractivity contribution >= 4 is 11.8 Å². The topological polar surface area (TPSA) is 58.2 Å². The Kier molecular flexibility index (Phi) is 7.79. The van der Waals surface area contributed by atoms with Crippen molar-refractivity contribution in [2.24, 2.45) is 0 Å². The molecule has 2 amide bonds. The SMILES string of the molecule is CCCCC(CNC(=O)C(C)(C)c1ccccc1)NC(=O)CC. The van der Waals surface area contributed by atoms with Gasteiger partial charge in [0.15, 0.2) is 0 Å². The van der Waals surface area contributed by atoms with Gasteiger partial charge in [0.05, 0.1) is 5.41 Å². The average Bonchev–Trinajstić information content (AvgIpc) is 2.57. The number of hydrogen-bond acceptors (Lipinski definition) is 2. The highest BCUT2D eigenvalue weighted by Crippen LogP contribution is 2.22. The van der Waals surface area contributed by atoms with E-state index in [1.165, 1.54) is 0 Å². The predicted molar refractivity (Wildman–Crippen MR) is 94.2 cm³/mol. The van der Waals surface area contributed by atoms with Gasteiger partial charge in [0, 0.05) is 19.0 Å². The van der Waals surface area contributed by atoms with Crippen molar-refractivity contribution in [2.45, 2.75) is 64.8 Å². The molecule has 1 unspecified atom stereocenters. The zero-order chi connectivity index (χ0) is 17.3. The third kappa shape index (κ3) is 6.05. The second-order valence-corrected chi connectivity index (χ2v) is 6.46. The monoisotopic (exact) mass is 318 g/mol. The molecule has 1 aromatic carbocycles. The highest BCUT2D eigenvalue weighted by atomic mass is 16.2. The first-order chi connectivity index (χ1) is 10.9. The van der Waals surface area contributed by atoms with Crippen LogP contribution < -0.4 is 10.6 Å². The summed E-state index contributed by atoms with van der Waals surface area (Å²) in [6.45, 7) is 8.27. The summed E-state index contributed by atoms with van der Waals surface area (Å²) in [5, 5.41) is 6.00. The maximum Gasteiger partial charge on any atom is 0.230 e. The fourth-order valence-electron chi connectivity index (χ4n) is 2.43. The molecule has 0 saturated heterocycles. The van der Waals surface area contributed by atoms with Crippen molar-refractivity contribution in [3.05, 3.63) is 35.9 Å². The van der Waals surface area contributed by atoms with E-state index in [9.17, 15) is 9.59 Å². The van der Waals surface area contributed by atoms with E-state index in [4.69, 9.17) is 0 Å². The van der Waals surface area contributed by atoms with E-state index in [-0.39, 0.29) is 17.9 Å². The van der Waals surface area contributed by atoms with Crippen LogP contribution in [0.15, 0.2) is 30.3 Å². The highest BCUT2D eigenvalue weighted by molar-refractivity contribution is 5.87. The Labute approximate surface area is 140 Å². The van der Waals surface area contributed by atoms with Crippen LogP contribution in [0.5, 0.6) is 0 Å². The molecular formula is C19H30N2O2. The molecule has 128 valence electrons. The molecule has 4 nitrogen and oxygen atoms in total. The van der Waals surface area contributed by atoms with Crippen LogP contribution in [0.25, 0.3) is 0 Å². The second-order valence-electron chi connectivity index (χ2n) is 6.46. The van der Waals surface area contributed by atoms with Crippen molar-refractivity contribution in [3.63, 3.8) is 0 Å². The molecule has 0 aliphatic carbocycles. The van der Waals surface area contributed by atoms with E-state index in [1.807, 2.05) is 51.1 Å². The summed E-state index contributed by atoms with van der Waals surface area (Å²) in [7, 11) is 0. The van der Waals surface area contributed by atoms with Crippen LogP contribution in [0.2, 0.25) is 0 Å².